The molecule has 0 N–H and O–H groups in total. The van der Waals surface area contributed by atoms with Crippen LogP contribution in [0.3, 0.4) is 0 Å². The first kappa shape index (κ1) is 9.02. The lowest BCUT2D eigenvalue weighted by atomic mass is 10.4. The van der Waals surface area contributed by atoms with Crippen LogP contribution in [0.2, 0.25) is 0 Å². The van der Waals surface area contributed by atoms with Crippen molar-refractivity contribution in [2.45, 2.75) is 6.92 Å². The van der Waals surface area contributed by atoms with E-state index < -0.39 is 5.84 Å². The molecule has 1 aromatic rings. The Kier molecular flexibility index (Phi) is 2.91. The number of rotatable bonds is 2. The standard InChI is InChI=1S/C8H10BrOP/c1-2-11(9,10)8-6-4-3-5-7-8/h3-7H,2H2,1H3. The van der Waals surface area contributed by atoms with Gasteiger partial charge in [0.1, 0.15) is 0 Å². The molecule has 0 aliphatic heterocycles. The average Bonchev–Trinajstić information content (AvgIpc) is 2.06. The summed E-state index contributed by atoms with van der Waals surface area (Å²) in [6.45, 7) is 1.92. The van der Waals surface area contributed by atoms with E-state index in [-0.39, 0.29) is 0 Å². The minimum Gasteiger partial charge on any atom is -0.307 e. The second-order valence-electron chi connectivity index (χ2n) is 2.30. The molecule has 0 bridgehead atoms. The highest BCUT2D eigenvalue weighted by Crippen LogP contribution is 2.51. The van der Waals surface area contributed by atoms with Gasteiger partial charge in [0.15, 0.2) is 5.84 Å². The van der Waals surface area contributed by atoms with Crippen LogP contribution in [0, 0.1) is 0 Å². The van der Waals surface area contributed by atoms with Gasteiger partial charge in [0.25, 0.3) is 0 Å². The Morgan fingerprint density at radius 1 is 1.36 bits per heavy atom. The van der Waals surface area contributed by atoms with Gasteiger partial charge in [0.2, 0.25) is 0 Å². The predicted octanol–water partition coefficient (Wildman–Crippen LogP) is 3.00. The molecule has 0 saturated carbocycles. The monoisotopic (exact) mass is 232 g/mol. The van der Waals surface area contributed by atoms with Crippen LogP contribution in [0.4, 0.5) is 0 Å². The fourth-order valence-corrected chi connectivity index (χ4v) is 2.52. The summed E-state index contributed by atoms with van der Waals surface area (Å²) in [5.41, 5.74) is 0. The maximum atomic E-state index is 11.7. The molecule has 0 aliphatic carbocycles. The van der Waals surface area contributed by atoms with Crippen molar-refractivity contribution in [1.29, 1.82) is 0 Å². The van der Waals surface area contributed by atoms with Crippen LogP contribution in [0.5, 0.6) is 0 Å². The van der Waals surface area contributed by atoms with Gasteiger partial charge in [0, 0.05) is 11.5 Å². The highest BCUT2D eigenvalue weighted by atomic mass is 79.9. The van der Waals surface area contributed by atoms with E-state index in [0.29, 0.717) is 6.16 Å². The molecule has 11 heavy (non-hydrogen) atoms. The maximum absolute atomic E-state index is 11.7. The Bertz CT molecular complexity index is 271. The van der Waals surface area contributed by atoms with Crippen molar-refractivity contribution in [3.63, 3.8) is 0 Å². The van der Waals surface area contributed by atoms with E-state index in [1.807, 2.05) is 37.3 Å². The fourth-order valence-electron chi connectivity index (χ4n) is 0.833. The second kappa shape index (κ2) is 3.55. The molecule has 1 nitrogen and oxygen atoms in total. The minimum absolute atomic E-state index is 0.664. The Hall–Kier alpha value is -0.0700. The molecule has 1 rings (SSSR count). The van der Waals surface area contributed by atoms with Crippen molar-refractivity contribution in [2.75, 3.05) is 6.16 Å². The molecular weight excluding hydrogens is 223 g/mol. The van der Waals surface area contributed by atoms with E-state index in [4.69, 9.17) is 0 Å². The normalized spacial score (nSPS) is 15.8. The van der Waals surface area contributed by atoms with E-state index in [9.17, 15) is 4.57 Å². The second-order valence-corrected chi connectivity index (χ2v) is 8.19. The van der Waals surface area contributed by atoms with Gasteiger partial charge in [-0.1, -0.05) is 37.3 Å². The van der Waals surface area contributed by atoms with Crippen molar-refractivity contribution >= 4 is 26.6 Å². The first-order valence-electron chi connectivity index (χ1n) is 3.51. The molecule has 0 fully saturated rings. The summed E-state index contributed by atoms with van der Waals surface area (Å²) in [7, 11) is 0. The van der Waals surface area contributed by atoms with Crippen LogP contribution in [0.15, 0.2) is 30.3 Å². The van der Waals surface area contributed by atoms with Crippen LogP contribution >= 0.6 is 21.3 Å². The van der Waals surface area contributed by atoms with Gasteiger partial charge >= 0.3 is 0 Å². The molecule has 0 heterocycles. The molecule has 0 aliphatic rings. The molecule has 3 heteroatoms. The fraction of sp³-hybridized carbons (Fsp3) is 0.250. The minimum atomic E-state index is -2.21. The van der Waals surface area contributed by atoms with E-state index in [1.165, 1.54) is 0 Å². The SMILES string of the molecule is CCP(=O)(Br)c1ccccc1. The molecule has 1 unspecified atom stereocenters. The molecule has 0 saturated heterocycles. The summed E-state index contributed by atoms with van der Waals surface area (Å²) in [5.74, 6) is -2.21. The van der Waals surface area contributed by atoms with E-state index in [0.717, 1.165) is 5.30 Å². The lowest BCUT2D eigenvalue weighted by molar-refractivity contribution is 0.592. The Morgan fingerprint density at radius 2 is 1.91 bits per heavy atom. The molecule has 1 atom stereocenters. The lowest BCUT2D eigenvalue weighted by Crippen LogP contribution is -1.99. The van der Waals surface area contributed by atoms with Crippen LogP contribution in [-0.2, 0) is 4.57 Å². The number of hydrogen-bond donors (Lipinski definition) is 0. The van der Waals surface area contributed by atoms with Gasteiger partial charge in [-0.25, -0.2) is 0 Å². The van der Waals surface area contributed by atoms with Gasteiger partial charge in [0.05, 0.1) is 0 Å². The third-order valence-corrected chi connectivity index (χ3v) is 6.16. The molecule has 0 aromatic heterocycles. The topological polar surface area (TPSA) is 17.1 Å². The molecule has 0 spiro atoms. The van der Waals surface area contributed by atoms with Crippen molar-refractivity contribution in [3.8, 4) is 0 Å². The molecular formula is C8H10BrOP. The molecule has 0 radical (unpaired) electrons. The summed E-state index contributed by atoms with van der Waals surface area (Å²) >= 11 is 3.24. The number of benzene rings is 1. The molecule has 1 aromatic carbocycles. The van der Waals surface area contributed by atoms with Gasteiger partial charge in [-0.05, 0) is 15.5 Å². The van der Waals surface area contributed by atoms with Crippen molar-refractivity contribution in [3.05, 3.63) is 30.3 Å². The quantitative estimate of drug-likeness (QED) is 0.717. The largest absolute Gasteiger partial charge is 0.307 e. The van der Waals surface area contributed by atoms with Gasteiger partial charge in [-0.2, -0.15) is 0 Å². The average molecular weight is 233 g/mol. The van der Waals surface area contributed by atoms with Gasteiger partial charge in [-0.15, -0.1) is 0 Å². The van der Waals surface area contributed by atoms with Crippen molar-refractivity contribution in [1.82, 2.24) is 0 Å². The van der Waals surface area contributed by atoms with E-state index in [1.54, 1.807) is 0 Å². The van der Waals surface area contributed by atoms with E-state index in [2.05, 4.69) is 15.5 Å². The summed E-state index contributed by atoms with van der Waals surface area (Å²) in [4.78, 5) is 0. The van der Waals surface area contributed by atoms with Crippen molar-refractivity contribution < 1.29 is 4.57 Å². The van der Waals surface area contributed by atoms with Gasteiger partial charge in [-0.3, -0.25) is 0 Å². The third kappa shape index (κ3) is 2.18. The Morgan fingerprint density at radius 3 is 2.36 bits per heavy atom. The predicted molar refractivity (Wildman–Crippen MR) is 53.2 cm³/mol. The zero-order chi connectivity index (χ0) is 8.32. The van der Waals surface area contributed by atoms with Crippen LogP contribution in [0.25, 0.3) is 0 Å². The number of halogens is 1. The highest BCUT2D eigenvalue weighted by Gasteiger charge is 2.16. The Labute approximate surface area is 74.9 Å². The number of hydrogen-bond acceptors (Lipinski definition) is 1. The first-order chi connectivity index (χ1) is 5.17. The highest BCUT2D eigenvalue weighted by molar-refractivity contribution is 9.41. The summed E-state index contributed by atoms with van der Waals surface area (Å²) in [6.07, 6.45) is 0.664. The van der Waals surface area contributed by atoms with Crippen molar-refractivity contribution in [2.24, 2.45) is 0 Å². The summed E-state index contributed by atoms with van der Waals surface area (Å²) in [6, 6.07) is 9.50. The zero-order valence-electron chi connectivity index (χ0n) is 6.33. The van der Waals surface area contributed by atoms with Crippen LogP contribution in [0.1, 0.15) is 6.92 Å². The zero-order valence-corrected chi connectivity index (χ0v) is 8.81. The third-order valence-electron chi connectivity index (χ3n) is 1.55. The lowest BCUT2D eigenvalue weighted by Gasteiger charge is -2.06. The molecule has 0 amide bonds. The first-order valence-corrected chi connectivity index (χ1v) is 7.42. The van der Waals surface area contributed by atoms with Crippen LogP contribution < -0.4 is 5.30 Å². The maximum Gasteiger partial charge on any atom is 0.175 e. The smallest absolute Gasteiger partial charge is 0.175 e. The summed E-state index contributed by atoms with van der Waals surface area (Å²) < 4.78 is 11.7. The summed E-state index contributed by atoms with van der Waals surface area (Å²) in [5, 5.41) is 0.905. The van der Waals surface area contributed by atoms with Crippen LogP contribution in [-0.4, -0.2) is 6.16 Å². The van der Waals surface area contributed by atoms with E-state index >= 15 is 0 Å². The Balaban J connectivity index is 3.03. The molecule has 60 valence electrons. The van der Waals surface area contributed by atoms with Gasteiger partial charge < -0.3 is 4.57 Å².